The number of pyridine rings is 1. The monoisotopic (exact) mass is 569 g/mol. The number of halogens is 4. The summed E-state index contributed by atoms with van der Waals surface area (Å²) in [5, 5.41) is 6.70. The molecule has 214 valence electrons. The molecule has 0 spiro atoms. The van der Waals surface area contributed by atoms with Gasteiger partial charge < -0.3 is 15.8 Å². The van der Waals surface area contributed by atoms with Crippen molar-refractivity contribution in [3.63, 3.8) is 0 Å². The van der Waals surface area contributed by atoms with Gasteiger partial charge >= 0.3 is 6.18 Å². The molecule has 1 aromatic carbocycles. The number of alkyl halides is 4. The highest BCUT2D eigenvalue weighted by molar-refractivity contribution is 5.98. The van der Waals surface area contributed by atoms with Crippen molar-refractivity contribution in [2.24, 2.45) is 0 Å². The third-order valence-electron chi connectivity index (χ3n) is 7.84. The van der Waals surface area contributed by atoms with Crippen molar-refractivity contribution in [1.29, 1.82) is 0 Å². The summed E-state index contributed by atoms with van der Waals surface area (Å²) in [7, 11) is 1.32. The maximum atomic E-state index is 15.3. The summed E-state index contributed by atoms with van der Waals surface area (Å²) in [5.41, 5.74) is 6.88. The first-order valence-electron chi connectivity index (χ1n) is 13.2. The minimum Gasteiger partial charge on any atom is -0.480 e. The van der Waals surface area contributed by atoms with Gasteiger partial charge in [-0.2, -0.15) is 18.3 Å². The zero-order valence-electron chi connectivity index (χ0n) is 22.0. The molecule has 13 heteroatoms. The van der Waals surface area contributed by atoms with Crippen molar-refractivity contribution in [2.45, 2.75) is 43.7 Å². The van der Waals surface area contributed by atoms with Crippen LogP contribution in [0.5, 0.6) is 5.88 Å². The Balaban J connectivity index is 1.28. The largest absolute Gasteiger partial charge is 0.480 e. The molecule has 9 nitrogen and oxygen atoms in total. The molecular formula is C28H27F4N7O2. The molecule has 0 radical (unpaired) electrons. The number of nitrogens with two attached hydrogens (primary N) is 1. The second kappa shape index (κ2) is 10.3. The Morgan fingerprint density at radius 1 is 1.17 bits per heavy atom. The normalized spacial score (nSPS) is 21.1. The Kier molecular flexibility index (Phi) is 6.76. The van der Waals surface area contributed by atoms with Gasteiger partial charge in [-0.05, 0) is 42.5 Å². The summed E-state index contributed by atoms with van der Waals surface area (Å²) < 4.78 is 62.9. The van der Waals surface area contributed by atoms with Crippen LogP contribution >= 0.6 is 0 Å². The summed E-state index contributed by atoms with van der Waals surface area (Å²) in [6.07, 6.45) is -0.833. The molecule has 2 aliphatic rings. The molecular weight excluding hydrogens is 542 g/mol. The van der Waals surface area contributed by atoms with E-state index in [0.717, 1.165) is 36.2 Å². The number of benzene rings is 1. The number of hydrogen-bond acceptors (Lipinski definition) is 7. The van der Waals surface area contributed by atoms with Gasteiger partial charge in [-0.1, -0.05) is 24.3 Å². The number of hydrogen-bond donors (Lipinski definition) is 2. The van der Waals surface area contributed by atoms with Gasteiger partial charge in [-0.15, -0.1) is 0 Å². The van der Waals surface area contributed by atoms with E-state index in [2.05, 4.69) is 37.4 Å². The molecule has 4 heterocycles. The Hall–Kier alpha value is -4.26. The van der Waals surface area contributed by atoms with E-state index in [1.165, 1.54) is 30.5 Å². The minimum atomic E-state index is -4.73. The Bertz CT molecular complexity index is 1620. The van der Waals surface area contributed by atoms with Crippen LogP contribution in [0.1, 0.15) is 45.9 Å². The number of likely N-dealkylation sites (tertiary alicyclic amines) is 1. The maximum absolute atomic E-state index is 15.3. The topological polar surface area (TPSA) is 111 Å². The van der Waals surface area contributed by atoms with Crippen molar-refractivity contribution in [2.75, 3.05) is 25.9 Å². The summed E-state index contributed by atoms with van der Waals surface area (Å²) in [4.78, 5) is 23.3. The van der Waals surface area contributed by atoms with Gasteiger partial charge in [0.2, 0.25) is 5.88 Å². The lowest BCUT2D eigenvalue weighted by Crippen LogP contribution is -2.42. The predicted octanol–water partition coefficient (Wildman–Crippen LogP) is 4.23. The second-order valence-corrected chi connectivity index (χ2v) is 10.3. The molecule has 1 aliphatic heterocycles. The van der Waals surface area contributed by atoms with E-state index in [0.29, 0.717) is 6.54 Å². The summed E-state index contributed by atoms with van der Waals surface area (Å²) >= 11 is 0. The summed E-state index contributed by atoms with van der Waals surface area (Å²) in [5.74, 6) is -1.05. The van der Waals surface area contributed by atoms with Crippen LogP contribution in [0, 0.1) is 0 Å². The van der Waals surface area contributed by atoms with Crippen LogP contribution < -0.4 is 15.8 Å². The number of nitrogens with zero attached hydrogens (tertiary/aromatic N) is 5. The Morgan fingerprint density at radius 2 is 1.98 bits per heavy atom. The molecule has 0 saturated carbocycles. The number of aromatic nitrogens is 4. The highest BCUT2D eigenvalue weighted by Gasteiger charge is 2.40. The van der Waals surface area contributed by atoms with Crippen molar-refractivity contribution >= 4 is 17.2 Å². The van der Waals surface area contributed by atoms with Crippen molar-refractivity contribution < 1.29 is 27.1 Å². The van der Waals surface area contributed by atoms with E-state index < -0.39 is 35.4 Å². The lowest BCUT2D eigenvalue weighted by molar-refractivity contribution is -0.136. The number of fused-ring (bicyclic) bond motifs is 2. The van der Waals surface area contributed by atoms with E-state index in [1.54, 1.807) is 0 Å². The number of methoxy groups -OCH3 is 1. The molecule has 3 atom stereocenters. The molecule has 4 aromatic rings. The van der Waals surface area contributed by atoms with Gasteiger partial charge in [0, 0.05) is 30.9 Å². The number of ether oxygens (including phenoxy) is 1. The molecule has 6 rings (SSSR count). The van der Waals surface area contributed by atoms with Crippen molar-refractivity contribution in [1.82, 2.24) is 29.8 Å². The van der Waals surface area contributed by atoms with Crippen LogP contribution in [-0.4, -0.2) is 62.8 Å². The lowest BCUT2D eigenvalue weighted by Gasteiger charge is -2.33. The van der Waals surface area contributed by atoms with Crippen LogP contribution in [0.3, 0.4) is 0 Å². The first-order valence-corrected chi connectivity index (χ1v) is 13.2. The van der Waals surface area contributed by atoms with Crippen LogP contribution in [-0.2, 0) is 12.6 Å². The molecule has 3 aromatic heterocycles. The molecule has 0 bridgehead atoms. The molecule has 1 unspecified atom stereocenters. The van der Waals surface area contributed by atoms with Gasteiger partial charge in [0.25, 0.3) is 5.91 Å². The fourth-order valence-electron chi connectivity index (χ4n) is 5.94. The standard InChI is InChI=1S/C28H27F4N7O2/c1-41-27-18(9-16(11-34-27)23-10-19(28(30,31)32)24-25(33)35-14-36-39(23)24)26(40)37-21-13-38(12-20(21)29)22-8-4-6-15-5-2-3-7-17(15)22/h2-3,5,7,9-11,14,20-22H,4,6,8,12-13H2,1H3,(H,37,40)(H2,33,35,36)/t20-,21+,22?/m0/s1. The summed E-state index contributed by atoms with van der Waals surface area (Å²) in [6.45, 7) is 0.493. The van der Waals surface area contributed by atoms with E-state index in [9.17, 15) is 18.0 Å². The number of rotatable bonds is 5. The first-order chi connectivity index (χ1) is 19.7. The number of amides is 1. The van der Waals surface area contributed by atoms with Gasteiger partial charge in [-0.25, -0.2) is 18.9 Å². The van der Waals surface area contributed by atoms with Crippen LogP contribution in [0.2, 0.25) is 0 Å². The predicted molar refractivity (Wildman–Crippen MR) is 142 cm³/mol. The average Bonchev–Trinajstić information content (AvgIpc) is 3.54. The fourth-order valence-corrected chi connectivity index (χ4v) is 5.94. The number of nitrogen functional groups attached to an aromatic ring is 1. The number of carbonyl (C=O) groups excluding carboxylic acids is 1. The second-order valence-electron chi connectivity index (χ2n) is 10.3. The Labute approximate surface area is 232 Å². The molecule has 1 saturated heterocycles. The van der Waals surface area contributed by atoms with Crippen molar-refractivity contribution in [3.05, 3.63) is 71.2 Å². The zero-order valence-corrected chi connectivity index (χ0v) is 22.0. The van der Waals surface area contributed by atoms with E-state index in [-0.39, 0.29) is 41.1 Å². The van der Waals surface area contributed by atoms with Crippen molar-refractivity contribution in [3.8, 4) is 17.1 Å². The van der Waals surface area contributed by atoms with Crippen LogP contribution in [0.25, 0.3) is 16.8 Å². The number of nitrogens with one attached hydrogen (secondary N) is 1. The minimum absolute atomic E-state index is 0.00278. The Morgan fingerprint density at radius 3 is 2.76 bits per heavy atom. The molecule has 1 fully saturated rings. The van der Waals surface area contributed by atoms with E-state index >= 15 is 4.39 Å². The smallest absolute Gasteiger partial charge is 0.418 e. The third-order valence-corrected chi connectivity index (χ3v) is 7.84. The van der Waals surface area contributed by atoms with Crippen LogP contribution in [0.15, 0.2) is 48.9 Å². The lowest BCUT2D eigenvalue weighted by atomic mass is 9.87. The molecule has 3 N–H and O–H groups in total. The number of aryl methyl sites for hydroxylation is 1. The van der Waals surface area contributed by atoms with Gasteiger partial charge in [0.15, 0.2) is 5.82 Å². The van der Waals surface area contributed by atoms with E-state index in [1.807, 2.05) is 12.1 Å². The first kappa shape index (κ1) is 26.9. The van der Waals surface area contributed by atoms with Crippen LogP contribution in [0.4, 0.5) is 23.4 Å². The van der Waals surface area contributed by atoms with Gasteiger partial charge in [0.1, 0.15) is 23.6 Å². The highest BCUT2D eigenvalue weighted by atomic mass is 19.4. The molecule has 1 aliphatic carbocycles. The molecule has 41 heavy (non-hydrogen) atoms. The average molecular weight is 570 g/mol. The maximum Gasteiger partial charge on any atom is 0.418 e. The highest BCUT2D eigenvalue weighted by Crippen LogP contribution is 2.39. The van der Waals surface area contributed by atoms with E-state index in [4.69, 9.17) is 10.5 Å². The molecule has 1 amide bonds. The van der Waals surface area contributed by atoms with Gasteiger partial charge in [-0.3, -0.25) is 9.69 Å². The summed E-state index contributed by atoms with van der Waals surface area (Å²) in [6, 6.07) is 9.67. The van der Waals surface area contributed by atoms with Gasteiger partial charge in [0.05, 0.1) is 24.4 Å². The quantitative estimate of drug-likeness (QED) is 0.346. The number of carbonyl (C=O) groups is 1. The fraction of sp³-hybridized carbons (Fsp3) is 0.357. The third kappa shape index (κ3) is 4.83. The SMILES string of the molecule is COc1ncc(-c2cc(C(F)(F)F)c3c(N)ncnn23)cc1C(=O)N[C@@H]1CN(C2CCCc3ccccc32)C[C@@H]1F. The number of anilines is 1. The zero-order chi connectivity index (χ0) is 28.9.